The molecule has 1 atom stereocenters. The van der Waals surface area contributed by atoms with E-state index in [9.17, 15) is 4.79 Å². The number of aromatic nitrogens is 3. The number of benzene rings is 1. The number of fused-ring (bicyclic) bond motifs is 1. The van der Waals surface area contributed by atoms with Crippen molar-refractivity contribution in [2.75, 3.05) is 24.5 Å². The Bertz CT molecular complexity index is 918. The van der Waals surface area contributed by atoms with Gasteiger partial charge in [0.2, 0.25) is 0 Å². The fraction of sp³-hybridized carbons (Fsp3) is 0.381. The molecule has 1 saturated heterocycles. The molecule has 0 spiro atoms. The Morgan fingerprint density at radius 3 is 3.00 bits per heavy atom. The first kappa shape index (κ1) is 17.5. The van der Waals surface area contributed by atoms with Crippen LogP contribution >= 0.6 is 0 Å². The van der Waals surface area contributed by atoms with E-state index in [-0.39, 0.29) is 5.91 Å². The van der Waals surface area contributed by atoms with Gasteiger partial charge in [-0.25, -0.2) is 9.97 Å². The molecule has 1 amide bonds. The summed E-state index contributed by atoms with van der Waals surface area (Å²) in [4.78, 5) is 26.6. The van der Waals surface area contributed by atoms with Gasteiger partial charge in [-0.1, -0.05) is 25.1 Å². The van der Waals surface area contributed by atoms with Gasteiger partial charge < -0.3 is 15.2 Å². The summed E-state index contributed by atoms with van der Waals surface area (Å²) in [6.07, 6.45) is 8.51. The standard InChI is InChI=1S/C21H25N5O/c1-15-5-4-10-26(14-15)20-13-24-19(12-25-20)21(27)22-9-8-16-11-23-18-7-3-2-6-17(16)18/h2-3,6-7,11-13,15,23H,4-5,8-10,14H2,1H3,(H,22,27). The lowest BCUT2D eigenvalue weighted by Gasteiger charge is -2.31. The number of hydrogen-bond acceptors (Lipinski definition) is 4. The maximum Gasteiger partial charge on any atom is 0.271 e. The number of piperidine rings is 1. The number of amides is 1. The number of para-hydroxylation sites is 1. The smallest absolute Gasteiger partial charge is 0.271 e. The van der Waals surface area contributed by atoms with Crippen molar-refractivity contribution in [3.05, 3.63) is 54.1 Å². The van der Waals surface area contributed by atoms with Crippen LogP contribution in [-0.2, 0) is 6.42 Å². The highest BCUT2D eigenvalue weighted by Crippen LogP contribution is 2.20. The van der Waals surface area contributed by atoms with Gasteiger partial charge in [0, 0.05) is 36.7 Å². The number of rotatable bonds is 5. The Hall–Kier alpha value is -2.89. The SMILES string of the molecule is CC1CCCN(c2cnc(C(=O)NCCc3c[nH]c4ccccc34)cn2)C1. The van der Waals surface area contributed by atoms with Gasteiger partial charge in [-0.3, -0.25) is 4.79 Å². The molecular weight excluding hydrogens is 338 g/mol. The van der Waals surface area contributed by atoms with Crippen molar-refractivity contribution in [2.24, 2.45) is 5.92 Å². The van der Waals surface area contributed by atoms with Gasteiger partial charge in [-0.15, -0.1) is 0 Å². The van der Waals surface area contributed by atoms with Crippen molar-refractivity contribution in [3.63, 3.8) is 0 Å². The maximum absolute atomic E-state index is 12.3. The molecule has 27 heavy (non-hydrogen) atoms. The van der Waals surface area contributed by atoms with Crippen molar-refractivity contribution >= 4 is 22.6 Å². The van der Waals surface area contributed by atoms with E-state index in [0.29, 0.717) is 18.2 Å². The Balaban J connectivity index is 1.33. The quantitative estimate of drug-likeness (QED) is 0.730. The lowest BCUT2D eigenvalue weighted by atomic mass is 10.0. The Labute approximate surface area is 159 Å². The number of nitrogens with zero attached hydrogens (tertiary/aromatic N) is 3. The first-order valence-corrected chi connectivity index (χ1v) is 9.61. The number of hydrogen-bond donors (Lipinski definition) is 2. The van der Waals surface area contributed by atoms with Gasteiger partial charge in [0.1, 0.15) is 11.5 Å². The minimum absolute atomic E-state index is 0.180. The van der Waals surface area contributed by atoms with Crippen molar-refractivity contribution in [3.8, 4) is 0 Å². The zero-order chi connectivity index (χ0) is 18.6. The highest BCUT2D eigenvalue weighted by molar-refractivity contribution is 5.92. The maximum atomic E-state index is 12.3. The van der Waals surface area contributed by atoms with Crippen LogP contribution in [0.15, 0.2) is 42.9 Å². The average molecular weight is 363 g/mol. The number of aromatic amines is 1. The van der Waals surface area contributed by atoms with Crippen LogP contribution in [0.2, 0.25) is 0 Å². The number of nitrogens with one attached hydrogen (secondary N) is 2. The molecule has 2 aromatic heterocycles. The van der Waals surface area contributed by atoms with Gasteiger partial charge in [-0.2, -0.15) is 0 Å². The Kier molecular flexibility index (Phi) is 5.05. The summed E-state index contributed by atoms with van der Waals surface area (Å²) < 4.78 is 0. The molecule has 0 bridgehead atoms. The third kappa shape index (κ3) is 3.94. The molecule has 0 aliphatic carbocycles. The van der Waals surface area contributed by atoms with E-state index in [0.717, 1.165) is 30.8 Å². The predicted octanol–water partition coefficient (Wildman–Crippen LogP) is 3.17. The van der Waals surface area contributed by atoms with Crippen molar-refractivity contribution < 1.29 is 4.79 Å². The van der Waals surface area contributed by atoms with Crippen LogP contribution in [-0.4, -0.2) is 40.5 Å². The van der Waals surface area contributed by atoms with Gasteiger partial charge in [0.15, 0.2) is 0 Å². The number of H-pyrrole nitrogens is 1. The van der Waals surface area contributed by atoms with E-state index >= 15 is 0 Å². The molecule has 3 heterocycles. The minimum atomic E-state index is -0.180. The number of carbonyl (C=O) groups excluding carboxylic acids is 1. The van der Waals surface area contributed by atoms with E-state index in [1.54, 1.807) is 12.4 Å². The molecule has 1 aliphatic heterocycles. The van der Waals surface area contributed by atoms with Gasteiger partial charge >= 0.3 is 0 Å². The molecule has 140 valence electrons. The Morgan fingerprint density at radius 1 is 1.30 bits per heavy atom. The molecule has 2 N–H and O–H groups in total. The molecule has 0 radical (unpaired) electrons. The first-order valence-electron chi connectivity index (χ1n) is 9.61. The summed E-state index contributed by atoms with van der Waals surface area (Å²) in [5, 5.41) is 4.14. The Morgan fingerprint density at radius 2 is 2.19 bits per heavy atom. The largest absolute Gasteiger partial charge is 0.361 e. The lowest BCUT2D eigenvalue weighted by molar-refractivity contribution is 0.0949. The molecule has 1 aromatic carbocycles. The number of anilines is 1. The summed E-state index contributed by atoms with van der Waals surface area (Å²) in [5.41, 5.74) is 2.68. The summed E-state index contributed by atoms with van der Waals surface area (Å²) in [6, 6.07) is 8.18. The topological polar surface area (TPSA) is 73.9 Å². The van der Waals surface area contributed by atoms with Crippen LogP contribution in [0.4, 0.5) is 5.82 Å². The molecule has 1 fully saturated rings. The minimum Gasteiger partial charge on any atom is -0.361 e. The van der Waals surface area contributed by atoms with Crippen LogP contribution < -0.4 is 10.2 Å². The third-order valence-corrected chi connectivity index (χ3v) is 5.21. The summed E-state index contributed by atoms with van der Waals surface area (Å²) in [7, 11) is 0. The zero-order valence-electron chi connectivity index (χ0n) is 15.6. The van der Waals surface area contributed by atoms with E-state index in [4.69, 9.17) is 0 Å². The van der Waals surface area contributed by atoms with Crippen LogP contribution in [0.25, 0.3) is 10.9 Å². The molecule has 1 aliphatic rings. The summed E-state index contributed by atoms with van der Waals surface area (Å²) >= 11 is 0. The summed E-state index contributed by atoms with van der Waals surface area (Å²) in [6.45, 7) is 4.84. The second kappa shape index (κ2) is 7.78. The van der Waals surface area contributed by atoms with Crippen molar-refractivity contribution in [1.29, 1.82) is 0 Å². The van der Waals surface area contributed by atoms with E-state index in [1.165, 1.54) is 23.8 Å². The second-order valence-corrected chi connectivity index (χ2v) is 7.32. The molecule has 4 rings (SSSR count). The van der Waals surface area contributed by atoms with Gasteiger partial charge in [0.05, 0.1) is 12.4 Å². The lowest BCUT2D eigenvalue weighted by Crippen LogP contribution is -2.35. The second-order valence-electron chi connectivity index (χ2n) is 7.32. The fourth-order valence-corrected chi connectivity index (χ4v) is 3.74. The molecule has 1 unspecified atom stereocenters. The predicted molar refractivity (Wildman–Crippen MR) is 107 cm³/mol. The van der Waals surface area contributed by atoms with Crippen molar-refractivity contribution in [1.82, 2.24) is 20.3 Å². The normalized spacial score (nSPS) is 17.2. The average Bonchev–Trinajstić information content (AvgIpc) is 3.11. The molecule has 0 saturated carbocycles. The zero-order valence-corrected chi connectivity index (χ0v) is 15.6. The van der Waals surface area contributed by atoms with E-state index in [2.05, 4.69) is 44.2 Å². The monoisotopic (exact) mass is 363 g/mol. The highest BCUT2D eigenvalue weighted by atomic mass is 16.1. The number of carbonyl (C=O) groups is 1. The molecular formula is C21H25N5O. The molecule has 6 nitrogen and oxygen atoms in total. The molecule has 3 aromatic rings. The highest BCUT2D eigenvalue weighted by Gasteiger charge is 2.18. The van der Waals surface area contributed by atoms with E-state index in [1.807, 2.05) is 18.3 Å². The summed E-state index contributed by atoms with van der Waals surface area (Å²) in [5.74, 6) is 1.35. The third-order valence-electron chi connectivity index (χ3n) is 5.21. The van der Waals surface area contributed by atoms with Crippen LogP contribution in [0.5, 0.6) is 0 Å². The van der Waals surface area contributed by atoms with Crippen LogP contribution in [0.3, 0.4) is 0 Å². The van der Waals surface area contributed by atoms with Crippen LogP contribution in [0, 0.1) is 5.92 Å². The van der Waals surface area contributed by atoms with Gasteiger partial charge in [-0.05, 0) is 36.8 Å². The molecule has 6 heteroatoms. The van der Waals surface area contributed by atoms with Crippen LogP contribution in [0.1, 0.15) is 35.8 Å². The fourth-order valence-electron chi connectivity index (χ4n) is 3.74. The van der Waals surface area contributed by atoms with E-state index < -0.39 is 0 Å². The van der Waals surface area contributed by atoms with Gasteiger partial charge in [0.25, 0.3) is 5.91 Å². The van der Waals surface area contributed by atoms with Crippen molar-refractivity contribution in [2.45, 2.75) is 26.2 Å². The first-order chi connectivity index (χ1) is 13.2.